The maximum absolute atomic E-state index is 13.3. The molecule has 1 aliphatic rings. The van der Waals surface area contributed by atoms with Gasteiger partial charge in [-0.15, -0.1) is 22.7 Å². The Morgan fingerprint density at radius 2 is 1.89 bits per heavy atom. The van der Waals surface area contributed by atoms with E-state index in [1.807, 2.05) is 0 Å². The fourth-order valence-electron chi connectivity index (χ4n) is 2.93. The molecule has 1 aliphatic heterocycles. The van der Waals surface area contributed by atoms with Crippen molar-refractivity contribution in [2.45, 2.75) is 24.9 Å². The van der Waals surface area contributed by atoms with Crippen LogP contribution in [0.3, 0.4) is 0 Å². The second-order valence-corrected chi connectivity index (χ2v) is 7.95. The summed E-state index contributed by atoms with van der Waals surface area (Å²) in [6, 6.07) is 4.10. The zero-order chi connectivity index (χ0) is 20.3. The van der Waals surface area contributed by atoms with Gasteiger partial charge in [0.1, 0.15) is 21.6 Å². The molecule has 3 aromatic heterocycles. The molecule has 0 unspecified atom stereocenters. The summed E-state index contributed by atoms with van der Waals surface area (Å²) in [5.74, 6) is -0.781. The first-order valence-electron chi connectivity index (χ1n) is 7.76. The minimum atomic E-state index is -4.71. The van der Waals surface area contributed by atoms with Crippen LogP contribution >= 0.6 is 22.7 Å². The molecule has 2 N–H and O–H groups in total. The van der Waals surface area contributed by atoms with Gasteiger partial charge in [-0.1, -0.05) is 6.07 Å². The molecule has 28 heavy (non-hydrogen) atoms. The quantitative estimate of drug-likeness (QED) is 0.523. The van der Waals surface area contributed by atoms with Gasteiger partial charge in [-0.25, -0.2) is 4.98 Å². The van der Waals surface area contributed by atoms with Crippen LogP contribution in [-0.2, 0) is 6.18 Å². The van der Waals surface area contributed by atoms with Crippen LogP contribution in [0.4, 0.5) is 32.0 Å². The van der Waals surface area contributed by atoms with Crippen molar-refractivity contribution in [2.24, 2.45) is 0 Å². The molecule has 0 radical (unpaired) electrons. The third-order valence-electron chi connectivity index (χ3n) is 4.00. The lowest BCUT2D eigenvalue weighted by Crippen LogP contribution is -2.46. The van der Waals surface area contributed by atoms with Crippen LogP contribution in [0, 0.1) is 0 Å². The minimum Gasteiger partial charge on any atom is -0.363 e. The molecule has 148 valence electrons. The van der Waals surface area contributed by atoms with Crippen LogP contribution in [0.2, 0.25) is 0 Å². The highest BCUT2D eigenvalue weighted by molar-refractivity contribution is 7.21. The molecular formula is C16H9F6N3OS2. The van der Waals surface area contributed by atoms with Gasteiger partial charge in [-0.3, -0.25) is 4.79 Å². The Hall–Kier alpha value is -2.34. The van der Waals surface area contributed by atoms with Gasteiger partial charge < -0.3 is 10.6 Å². The highest BCUT2D eigenvalue weighted by Gasteiger charge is 2.39. The van der Waals surface area contributed by atoms with Crippen molar-refractivity contribution < 1.29 is 31.1 Å². The van der Waals surface area contributed by atoms with Crippen LogP contribution < -0.4 is 10.6 Å². The van der Waals surface area contributed by atoms with Crippen molar-refractivity contribution in [3.05, 3.63) is 34.2 Å². The van der Waals surface area contributed by atoms with Gasteiger partial charge in [-0.05, 0) is 17.5 Å². The molecule has 4 rings (SSSR count). The normalized spacial score (nSPS) is 17.4. The number of carbonyl (C=O) groups excluding carboxylic acids is 1. The largest absolute Gasteiger partial charge is 0.433 e. The Balaban J connectivity index is 1.93. The first kappa shape index (κ1) is 19.0. The van der Waals surface area contributed by atoms with E-state index in [2.05, 4.69) is 15.6 Å². The predicted octanol–water partition coefficient (Wildman–Crippen LogP) is 5.48. The summed E-state index contributed by atoms with van der Waals surface area (Å²) in [4.78, 5) is 16.3. The Bertz CT molecular complexity index is 1060. The molecule has 3 aromatic rings. The molecule has 0 aliphatic carbocycles. The number of nitrogens with one attached hydrogen (secondary N) is 2. The number of fused-ring (bicyclic) bond motifs is 3. The van der Waals surface area contributed by atoms with Gasteiger partial charge >= 0.3 is 12.4 Å². The number of alkyl halides is 6. The number of anilines is 1. The van der Waals surface area contributed by atoms with E-state index in [0.717, 1.165) is 6.07 Å². The first-order valence-corrected chi connectivity index (χ1v) is 9.45. The number of amides is 1. The molecule has 0 fully saturated rings. The van der Waals surface area contributed by atoms with E-state index >= 15 is 0 Å². The third kappa shape index (κ3) is 3.41. The number of pyridine rings is 1. The monoisotopic (exact) mass is 437 g/mol. The average molecular weight is 437 g/mol. The molecule has 4 heterocycles. The number of carbonyl (C=O) groups is 1. The molecular weight excluding hydrogens is 428 g/mol. The number of hydrogen-bond acceptors (Lipinski definition) is 5. The molecule has 4 nitrogen and oxygen atoms in total. The first-order chi connectivity index (χ1) is 13.0. The van der Waals surface area contributed by atoms with E-state index in [1.165, 1.54) is 11.3 Å². The Morgan fingerprint density at radius 1 is 1.14 bits per heavy atom. The number of hydrogen-bond donors (Lipinski definition) is 2. The standard InChI is InChI=1S/C16H9F6N3OS2/c17-15(18,19)5-9-24-11-10-6(7-2-1-3-27-7)4-8(16(20,21)22)23-14(10)28-12(11)13(26)25-9/h1-4,9,24H,5H2,(H,25,26)/t9-/m1/s1. The maximum Gasteiger partial charge on any atom is 0.433 e. The molecule has 0 saturated carbocycles. The highest BCUT2D eigenvalue weighted by atomic mass is 32.1. The molecule has 0 spiro atoms. The molecule has 0 bridgehead atoms. The number of halogens is 6. The topological polar surface area (TPSA) is 54.0 Å². The van der Waals surface area contributed by atoms with E-state index in [-0.39, 0.29) is 26.3 Å². The van der Waals surface area contributed by atoms with Crippen LogP contribution in [-0.4, -0.2) is 23.2 Å². The van der Waals surface area contributed by atoms with Crippen molar-refractivity contribution in [1.29, 1.82) is 0 Å². The van der Waals surface area contributed by atoms with Crippen LogP contribution in [0.1, 0.15) is 21.8 Å². The van der Waals surface area contributed by atoms with Gasteiger partial charge in [0.25, 0.3) is 5.91 Å². The lowest BCUT2D eigenvalue weighted by Gasteiger charge is -2.27. The minimum absolute atomic E-state index is 0.00180. The van der Waals surface area contributed by atoms with E-state index in [4.69, 9.17) is 0 Å². The van der Waals surface area contributed by atoms with E-state index in [1.54, 1.807) is 17.5 Å². The van der Waals surface area contributed by atoms with E-state index < -0.39 is 36.5 Å². The van der Waals surface area contributed by atoms with Crippen LogP contribution in [0.15, 0.2) is 23.6 Å². The lowest BCUT2D eigenvalue weighted by atomic mass is 10.1. The summed E-state index contributed by atoms with van der Waals surface area (Å²) in [6.07, 6.45) is -12.0. The Labute approximate surface area is 161 Å². The molecule has 0 aromatic carbocycles. The average Bonchev–Trinajstić information content (AvgIpc) is 3.19. The zero-order valence-corrected chi connectivity index (χ0v) is 15.2. The van der Waals surface area contributed by atoms with Gasteiger partial charge in [0, 0.05) is 15.8 Å². The molecule has 1 atom stereocenters. The summed E-state index contributed by atoms with van der Waals surface area (Å²) in [6.45, 7) is 0. The number of aromatic nitrogens is 1. The smallest absolute Gasteiger partial charge is 0.363 e. The number of thiophene rings is 2. The van der Waals surface area contributed by atoms with Gasteiger partial charge in [0.05, 0.1) is 12.1 Å². The maximum atomic E-state index is 13.3. The second-order valence-electron chi connectivity index (χ2n) is 6.01. The number of rotatable bonds is 2. The summed E-state index contributed by atoms with van der Waals surface area (Å²) in [7, 11) is 0. The van der Waals surface area contributed by atoms with Crippen molar-refractivity contribution in [2.75, 3.05) is 5.32 Å². The molecule has 1 amide bonds. The van der Waals surface area contributed by atoms with Gasteiger partial charge in [0.2, 0.25) is 0 Å². The van der Waals surface area contributed by atoms with E-state index in [0.29, 0.717) is 16.2 Å². The summed E-state index contributed by atoms with van der Waals surface area (Å²) in [5, 5.41) is 6.66. The van der Waals surface area contributed by atoms with Gasteiger partial charge in [0.15, 0.2) is 0 Å². The van der Waals surface area contributed by atoms with Crippen molar-refractivity contribution in [1.82, 2.24) is 10.3 Å². The van der Waals surface area contributed by atoms with Crippen LogP contribution in [0.5, 0.6) is 0 Å². The summed E-state index contributed by atoms with van der Waals surface area (Å²) >= 11 is 1.88. The molecule has 12 heteroatoms. The third-order valence-corrected chi connectivity index (χ3v) is 5.99. The lowest BCUT2D eigenvalue weighted by molar-refractivity contribution is -0.141. The second kappa shape index (κ2) is 6.34. The molecule has 0 saturated heterocycles. The summed E-state index contributed by atoms with van der Waals surface area (Å²) < 4.78 is 78.0. The fourth-order valence-corrected chi connectivity index (χ4v) is 4.75. The van der Waals surface area contributed by atoms with E-state index in [9.17, 15) is 31.1 Å². The van der Waals surface area contributed by atoms with Crippen molar-refractivity contribution in [3.63, 3.8) is 0 Å². The van der Waals surface area contributed by atoms with Gasteiger partial charge in [-0.2, -0.15) is 26.3 Å². The Morgan fingerprint density at radius 3 is 2.50 bits per heavy atom. The predicted molar refractivity (Wildman–Crippen MR) is 93.5 cm³/mol. The van der Waals surface area contributed by atoms with Crippen LogP contribution in [0.25, 0.3) is 20.7 Å². The van der Waals surface area contributed by atoms with Crippen molar-refractivity contribution in [3.8, 4) is 10.4 Å². The highest BCUT2D eigenvalue weighted by Crippen LogP contribution is 2.46. The number of nitrogens with zero attached hydrogens (tertiary/aromatic N) is 1. The fraction of sp³-hybridized carbons (Fsp3) is 0.250. The summed E-state index contributed by atoms with van der Waals surface area (Å²) in [5.41, 5.74) is -0.894. The zero-order valence-electron chi connectivity index (χ0n) is 13.5. The van der Waals surface area contributed by atoms with Crippen molar-refractivity contribution >= 4 is 44.5 Å². The SMILES string of the molecule is O=C1N[C@H](CC(F)(F)F)Nc2c1sc1nc(C(F)(F)F)cc(-c3cccs3)c21. The Kier molecular flexibility index (Phi) is 4.30.